The molecule has 2 aliphatic rings. The van der Waals surface area contributed by atoms with E-state index >= 15 is 8.78 Å². The predicted molar refractivity (Wildman–Crippen MR) is 166 cm³/mol. The predicted octanol–water partition coefficient (Wildman–Crippen LogP) is 5.42. The molecule has 0 amide bonds. The highest BCUT2D eigenvalue weighted by Gasteiger charge is 2.50. The molecule has 4 nitrogen and oxygen atoms in total. The molecule has 2 aliphatic heterocycles. The zero-order chi connectivity index (χ0) is 32.7. The van der Waals surface area contributed by atoms with Crippen LogP contribution < -0.4 is 29.7 Å². The van der Waals surface area contributed by atoms with E-state index in [0.29, 0.717) is 17.7 Å². The van der Waals surface area contributed by atoms with Crippen LogP contribution in [0.5, 0.6) is 5.75 Å². The van der Waals surface area contributed by atoms with E-state index in [1.165, 1.54) is 0 Å². The largest absolute Gasteiger partial charge is 0.534 e. The maximum atomic E-state index is 16.5. The molecule has 0 spiro atoms. The van der Waals surface area contributed by atoms with E-state index in [-0.39, 0.29) is 28.1 Å². The van der Waals surface area contributed by atoms with Crippen LogP contribution in [0.4, 0.5) is 22.0 Å². The summed E-state index contributed by atoms with van der Waals surface area (Å²) in [4.78, 5) is 0. The zero-order valence-electron chi connectivity index (χ0n) is 25.5. The van der Waals surface area contributed by atoms with Crippen molar-refractivity contribution in [3.63, 3.8) is 0 Å². The average Bonchev–Trinajstić information content (AvgIpc) is 2.90. The maximum absolute atomic E-state index is 16.5. The Bertz CT molecular complexity index is 1960. The first-order valence-electron chi connectivity index (χ1n) is 14.3. The third-order valence-electron chi connectivity index (χ3n) is 9.05. The Kier molecular flexibility index (Phi) is 7.90. The quantitative estimate of drug-likeness (QED) is 0.0910. The Morgan fingerprint density at radius 1 is 1.09 bits per heavy atom. The van der Waals surface area contributed by atoms with Crippen molar-refractivity contribution in [3.05, 3.63) is 86.4 Å². The van der Waals surface area contributed by atoms with Gasteiger partial charge in [0.05, 0.1) is 0 Å². The van der Waals surface area contributed by atoms with Crippen molar-refractivity contribution < 1.29 is 34.6 Å². The highest BCUT2D eigenvalue weighted by molar-refractivity contribution is 7.88. The smallest absolute Gasteiger partial charge is 0.370 e. The lowest BCUT2D eigenvalue weighted by molar-refractivity contribution is -0.0501. The number of halogens is 6. The van der Waals surface area contributed by atoms with Gasteiger partial charge in [-0.2, -0.15) is 21.6 Å². The third-order valence-corrected chi connectivity index (χ3v) is 13.8. The molecule has 1 unspecified atom stereocenters. The van der Waals surface area contributed by atoms with Crippen molar-refractivity contribution in [2.45, 2.75) is 77.0 Å². The van der Waals surface area contributed by atoms with E-state index in [9.17, 15) is 21.6 Å². The average molecular weight is 671 g/mol. The summed E-state index contributed by atoms with van der Waals surface area (Å²) in [6.45, 7) is 14.8. The minimum absolute atomic E-state index is 0.0271. The number of rotatable bonds is 5. The molecular weight excluding hydrogens is 637 g/mol. The summed E-state index contributed by atoms with van der Waals surface area (Å²) in [7, 11) is -9.53. The van der Waals surface area contributed by atoms with Crippen molar-refractivity contribution in [1.82, 2.24) is 4.58 Å². The number of aryl methyl sites for hydroxylation is 1. The molecule has 0 aliphatic carbocycles. The number of hydrogen-bond acceptors (Lipinski definition) is 3. The fourth-order valence-electron chi connectivity index (χ4n) is 7.15. The Labute approximate surface area is 260 Å². The van der Waals surface area contributed by atoms with Crippen molar-refractivity contribution in [3.8, 4) is 5.75 Å². The van der Waals surface area contributed by atoms with Crippen LogP contribution in [-0.2, 0) is 16.0 Å². The number of nitrogens with zero attached hydrogens (tertiary/aromatic N) is 1. The Morgan fingerprint density at radius 3 is 2.32 bits per heavy atom. The first kappa shape index (κ1) is 32.6. The summed E-state index contributed by atoms with van der Waals surface area (Å²) in [5.74, 6) is -4.13. The van der Waals surface area contributed by atoms with Gasteiger partial charge in [0.1, 0.15) is 14.6 Å². The van der Waals surface area contributed by atoms with Crippen LogP contribution in [0.3, 0.4) is 0 Å². The molecule has 236 valence electrons. The van der Waals surface area contributed by atoms with Gasteiger partial charge in [-0.1, -0.05) is 38.2 Å². The molecule has 3 aromatic rings. The van der Waals surface area contributed by atoms with Gasteiger partial charge in [0.15, 0.2) is 17.2 Å². The van der Waals surface area contributed by atoms with E-state index in [1.807, 2.05) is 38.2 Å². The second kappa shape index (κ2) is 10.7. The van der Waals surface area contributed by atoms with Crippen molar-refractivity contribution in [2.75, 3.05) is 6.54 Å². The minimum atomic E-state index is -6.33. The van der Waals surface area contributed by atoms with Gasteiger partial charge in [0.2, 0.25) is 11.1 Å². The molecule has 44 heavy (non-hydrogen) atoms. The third kappa shape index (κ3) is 4.99. The van der Waals surface area contributed by atoms with Crippen molar-refractivity contribution in [2.24, 2.45) is 0 Å². The fourth-order valence-corrected chi connectivity index (χ4v) is 11.0. The van der Waals surface area contributed by atoms with Crippen LogP contribution >= 0.6 is 11.6 Å². The number of benzene rings is 3. The first-order chi connectivity index (χ1) is 20.3. The molecule has 5 rings (SSSR count). The Balaban J connectivity index is 1.98. The molecule has 0 aromatic heterocycles. The van der Waals surface area contributed by atoms with Crippen LogP contribution in [0.1, 0.15) is 67.9 Å². The number of alkyl halides is 4. The van der Waals surface area contributed by atoms with Crippen molar-refractivity contribution >= 4 is 45.7 Å². The second-order valence-electron chi connectivity index (χ2n) is 12.8. The van der Waals surface area contributed by atoms with E-state index in [1.54, 1.807) is 0 Å². The summed E-state index contributed by atoms with van der Waals surface area (Å²) in [5.41, 5.74) is -1.94. The second-order valence-corrected chi connectivity index (χ2v) is 18.9. The standard InChI is InChI=1S/C32H34ClF5NO3SSi/c1-8-39-25-14-26-22(12-21(25)18(3)15-31(39,4)5)27(20-10-9-19(16-33)11-17(20)2)23-13-24(34)29(28(35)30(23)44(26,6)7)42-43(40,41)32(36,37)38/h9-14,18H,8,15-16H2,1-7H3/q+1. The van der Waals surface area contributed by atoms with Crippen molar-refractivity contribution in [1.29, 1.82) is 0 Å². The summed E-state index contributed by atoms with van der Waals surface area (Å²) >= 11 is 6.08. The van der Waals surface area contributed by atoms with Crippen LogP contribution in [0.2, 0.25) is 13.1 Å². The first-order valence-corrected chi connectivity index (χ1v) is 19.2. The molecule has 12 heteroatoms. The molecule has 0 fully saturated rings. The van der Waals surface area contributed by atoms with E-state index in [2.05, 4.69) is 48.6 Å². The van der Waals surface area contributed by atoms with E-state index < -0.39 is 41.1 Å². The molecule has 2 heterocycles. The molecule has 0 bridgehead atoms. The fraction of sp³-hybridized carbons (Fsp3) is 0.406. The monoisotopic (exact) mass is 670 g/mol. The summed E-state index contributed by atoms with van der Waals surface area (Å²) in [6.07, 6.45) is 0.889. The molecule has 0 saturated carbocycles. The zero-order valence-corrected chi connectivity index (χ0v) is 28.1. The maximum Gasteiger partial charge on any atom is 0.534 e. The lowest BCUT2D eigenvalue weighted by Crippen LogP contribution is -2.66. The molecule has 1 atom stereocenters. The van der Waals surface area contributed by atoms with Crippen LogP contribution in [-0.4, -0.2) is 34.1 Å². The van der Waals surface area contributed by atoms with Crippen LogP contribution in [0.25, 0.3) is 5.57 Å². The SMILES string of the molecule is CC[N+]1=c2cc3c(cc2C(C)CC1(C)C)=C(c1ccc(CCl)cc1C)c1cc(F)c(OS(=O)(=O)C(F)(F)F)c(F)c1[Si]3(C)C. The van der Waals surface area contributed by atoms with Gasteiger partial charge in [-0.3, -0.25) is 0 Å². The summed E-state index contributed by atoms with van der Waals surface area (Å²) in [5, 5.41) is 2.57. The Morgan fingerprint density at radius 2 is 1.75 bits per heavy atom. The van der Waals surface area contributed by atoms with Crippen LogP contribution in [0.15, 0.2) is 36.4 Å². The van der Waals surface area contributed by atoms with Gasteiger partial charge in [0.25, 0.3) is 0 Å². The molecule has 0 N–H and O–H groups in total. The van der Waals surface area contributed by atoms with E-state index in [0.717, 1.165) is 44.9 Å². The van der Waals surface area contributed by atoms with Gasteiger partial charge in [-0.15, -0.1) is 11.6 Å². The Hall–Kier alpha value is -2.76. The van der Waals surface area contributed by atoms with Gasteiger partial charge in [-0.25, -0.2) is 13.4 Å². The topological polar surface area (TPSA) is 46.4 Å². The minimum Gasteiger partial charge on any atom is -0.370 e. The lowest BCUT2D eigenvalue weighted by atomic mass is 9.82. The van der Waals surface area contributed by atoms with Gasteiger partial charge < -0.3 is 4.18 Å². The lowest BCUT2D eigenvalue weighted by Gasteiger charge is -2.36. The van der Waals surface area contributed by atoms with E-state index in [4.69, 9.17) is 11.6 Å². The normalized spacial score (nSPS) is 18.9. The molecule has 0 saturated heterocycles. The van der Waals surface area contributed by atoms with Gasteiger partial charge >= 0.3 is 15.6 Å². The number of fused-ring (bicyclic) bond motifs is 3. The van der Waals surface area contributed by atoms with Gasteiger partial charge in [0, 0.05) is 23.9 Å². The molecule has 3 aromatic carbocycles. The van der Waals surface area contributed by atoms with Crippen LogP contribution in [0, 0.1) is 18.6 Å². The number of hydrogen-bond donors (Lipinski definition) is 0. The highest BCUT2D eigenvalue weighted by Crippen LogP contribution is 2.36. The highest BCUT2D eigenvalue weighted by atomic mass is 35.5. The summed E-state index contributed by atoms with van der Waals surface area (Å²) < 4.78 is 102. The molecule has 0 radical (unpaired) electrons. The molecular formula is C32H34ClF5NO3SSi+. The van der Waals surface area contributed by atoms with Gasteiger partial charge in [-0.05, 0) is 89.2 Å². The summed E-state index contributed by atoms with van der Waals surface area (Å²) in [6, 6.07) is 10.6.